The molecule has 1 unspecified atom stereocenters. The van der Waals surface area contributed by atoms with Gasteiger partial charge in [-0.05, 0) is 42.0 Å². The van der Waals surface area contributed by atoms with Crippen LogP contribution in [0.4, 0.5) is 0 Å². The molecular formula is C18H28N2O. The lowest BCUT2D eigenvalue weighted by molar-refractivity contribution is 0.282. The van der Waals surface area contributed by atoms with E-state index in [2.05, 4.69) is 58.1 Å². The first-order chi connectivity index (χ1) is 9.92. The molecule has 0 fully saturated rings. The van der Waals surface area contributed by atoms with Gasteiger partial charge in [0.1, 0.15) is 18.4 Å². The number of nitrogens with zero attached hydrogens (tertiary/aromatic N) is 1. The van der Waals surface area contributed by atoms with Crippen molar-refractivity contribution in [3.05, 3.63) is 29.3 Å². The van der Waals surface area contributed by atoms with Gasteiger partial charge in [-0.25, -0.2) is 0 Å². The Bertz CT molecular complexity index is 483. The molecule has 3 nitrogen and oxygen atoms in total. The van der Waals surface area contributed by atoms with Crippen LogP contribution < -0.4 is 10.1 Å². The lowest BCUT2D eigenvalue weighted by atomic mass is 9.85. The van der Waals surface area contributed by atoms with Gasteiger partial charge in [-0.1, -0.05) is 46.8 Å². The third-order valence-corrected chi connectivity index (χ3v) is 3.46. The lowest BCUT2D eigenvalue weighted by Gasteiger charge is -2.24. The fourth-order valence-corrected chi connectivity index (χ4v) is 2.14. The number of nitrogens with one attached hydrogen (secondary N) is 1. The van der Waals surface area contributed by atoms with E-state index in [-0.39, 0.29) is 11.5 Å². The summed E-state index contributed by atoms with van der Waals surface area (Å²) in [6.07, 6.45) is 2.03. The second-order valence-corrected chi connectivity index (χ2v) is 6.38. The number of hydrogen-bond acceptors (Lipinski definition) is 3. The van der Waals surface area contributed by atoms with Crippen LogP contribution in [0.15, 0.2) is 18.2 Å². The summed E-state index contributed by atoms with van der Waals surface area (Å²) >= 11 is 0. The summed E-state index contributed by atoms with van der Waals surface area (Å²) in [7, 11) is 0. The van der Waals surface area contributed by atoms with Crippen molar-refractivity contribution in [1.29, 1.82) is 5.26 Å². The number of ether oxygens (including phenoxy) is 1. The van der Waals surface area contributed by atoms with E-state index in [0.29, 0.717) is 6.61 Å². The number of hydrogen-bond donors (Lipinski definition) is 1. The minimum atomic E-state index is -0.261. The maximum Gasteiger partial charge on any atom is 0.130 e. The highest BCUT2D eigenvalue weighted by Crippen LogP contribution is 2.32. The molecule has 0 radical (unpaired) electrons. The van der Waals surface area contributed by atoms with E-state index in [1.165, 1.54) is 11.1 Å². The topological polar surface area (TPSA) is 45.0 Å². The van der Waals surface area contributed by atoms with Crippen molar-refractivity contribution in [1.82, 2.24) is 5.32 Å². The zero-order valence-corrected chi connectivity index (χ0v) is 14.0. The third kappa shape index (κ3) is 5.40. The van der Waals surface area contributed by atoms with Gasteiger partial charge < -0.3 is 4.74 Å². The summed E-state index contributed by atoms with van der Waals surface area (Å²) in [5, 5.41) is 12.3. The predicted octanol–water partition coefficient (Wildman–Crippen LogP) is 3.82. The third-order valence-electron chi connectivity index (χ3n) is 3.46. The molecule has 0 spiro atoms. The van der Waals surface area contributed by atoms with Crippen molar-refractivity contribution < 1.29 is 4.74 Å². The van der Waals surface area contributed by atoms with Gasteiger partial charge in [-0.2, -0.15) is 5.26 Å². The molecule has 0 aliphatic rings. The van der Waals surface area contributed by atoms with E-state index in [9.17, 15) is 0 Å². The van der Waals surface area contributed by atoms with Gasteiger partial charge in [-0.3, -0.25) is 5.32 Å². The first kappa shape index (κ1) is 17.5. The Balaban J connectivity index is 2.85. The van der Waals surface area contributed by atoms with Crippen LogP contribution in [-0.4, -0.2) is 19.2 Å². The molecule has 0 saturated carbocycles. The Morgan fingerprint density at radius 2 is 2.00 bits per heavy atom. The summed E-state index contributed by atoms with van der Waals surface area (Å²) in [4.78, 5) is 0. The molecule has 0 amide bonds. The van der Waals surface area contributed by atoms with E-state index in [4.69, 9.17) is 10.00 Å². The molecule has 0 aliphatic heterocycles. The molecule has 1 aromatic carbocycles. The SMILES string of the molecule is CCCNC(C#N)COc1ccc(CC)cc1C(C)(C)C. The maximum atomic E-state index is 9.15. The zero-order valence-electron chi connectivity index (χ0n) is 14.0. The first-order valence-electron chi connectivity index (χ1n) is 7.81. The van der Waals surface area contributed by atoms with Crippen LogP contribution in [0.3, 0.4) is 0 Å². The highest BCUT2D eigenvalue weighted by molar-refractivity contribution is 5.41. The lowest BCUT2D eigenvalue weighted by Crippen LogP contribution is -2.34. The second kappa shape index (κ2) is 8.05. The summed E-state index contributed by atoms with van der Waals surface area (Å²) in [5.74, 6) is 0.887. The van der Waals surface area contributed by atoms with E-state index >= 15 is 0 Å². The van der Waals surface area contributed by atoms with Crippen LogP contribution in [0.25, 0.3) is 0 Å². The molecule has 21 heavy (non-hydrogen) atoms. The highest BCUT2D eigenvalue weighted by Gasteiger charge is 2.20. The molecule has 0 heterocycles. The van der Waals surface area contributed by atoms with E-state index in [0.717, 1.165) is 25.1 Å². The molecule has 1 atom stereocenters. The summed E-state index contributed by atoms with van der Waals surface area (Å²) in [6.45, 7) is 12.0. The summed E-state index contributed by atoms with van der Waals surface area (Å²) in [6, 6.07) is 8.35. The number of aryl methyl sites for hydroxylation is 1. The maximum absolute atomic E-state index is 9.15. The van der Waals surface area contributed by atoms with Crippen molar-refractivity contribution in [3.8, 4) is 11.8 Å². The zero-order chi connectivity index (χ0) is 15.9. The Labute approximate surface area is 129 Å². The Morgan fingerprint density at radius 3 is 2.52 bits per heavy atom. The Hall–Kier alpha value is -1.53. The average molecular weight is 288 g/mol. The van der Waals surface area contributed by atoms with Gasteiger partial charge in [0, 0.05) is 0 Å². The Kier molecular flexibility index (Phi) is 6.71. The molecule has 1 aromatic rings. The molecule has 0 saturated heterocycles. The fourth-order valence-electron chi connectivity index (χ4n) is 2.14. The number of benzene rings is 1. The molecule has 0 aromatic heterocycles. The molecule has 1 rings (SSSR count). The average Bonchev–Trinajstić information content (AvgIpc) is 2.46. The van der Waals surface area contributed by atoms with E-state index in [1.807, 2.05) is 6.07 Å². The number of nitriles is 1. The molecule has 116 valence electrons. The quantitative estimate of drug-likeness (QED) is 0.829. The molecule has 0 aliphatic carbocycles. The van der Waals surface area contributed by atoms with Crippen molar-refractivity contribution in [2.75, 3.05) is 13.2 Å². The van der Waals surface area contributed by atoms with Crippen LogP contribution in [0.1, 0.15) is 52.2 Å². The predicted molar refractivity (Wildman–Crippen MR) is 87.7 cm³/mol. The molecular weight excluding hydrogens is 260 g/mol. The van der Waals surface area contributed by atoms with E-state index in [1.54, 1.807) is 0 Å². The second-order valence-electron chi connectivity index (χ2n) is 6.38. The van der Waals surface area contributed by atoms with Crippen molar-refractivity contribution >= 4 is 0 Å². The summed E-state index contributed by atoms with van der Waals surface area (Å²) < 4.78 is 5.93. The highest BCUT2D eigenvalue weighted by atomic mass is 16.5. The number of rotatable bonds is 7. The van der Waals surface area contributed by atoms with Crippen molar-refractivity contribution in [2.24, 2.45) is 0 Å². The van der Waals surface area contributed by atoms with Gasteiger partial charge in [0.25, 0.3) is 0 Å². The summed E-state index contributed by atoms with van der Waals surface area (Å²) in [5.41, 5.74) is 2.54. The fraction of sp³-hybridized carbons (Fsp3) is 0.611. The van der Waals surface area contributed by atoms with E-state index < -0.39 is 0 Å². The standard InChI is InChI=1S/C18H28N2O/c1-6-10-20-15(12-19)13-21-17-9-8-14(7-2)11-16(17)18(3,4)5/h8-9,11,15,20H,6-7,10,13H2,1-5H3. The van der Waals surface area contributed by atoms with Gasteiger partial charge in [0.05, 0.1) is 6.07 Å². The normalized spacial score (nSPS) is 12.8. The van der Waals surface area contributed by atoms with Crippen LogP contribution >= 0.6 is 0 Å². The van der Waals surface area contributed by atoms with Gasteiger partial charge in [0.2, 0.25) is 0 Å². The van der Waals surface area contributed by atoms with Crippen LogP contribution in [0.2, 0.25) is 0 Å². The smallest absolute Gasteiger partial charge is 0.130 e. The largest absolute Gasteiger partial charge is 0.491 e. The van der Waals surface area contributed by atoms with Crippen LogP contribution in [0.5, 0.6) is 5.75 Å². The van der Waals surface area contributed by atoms with Crippen molar-refractivity contribution in [2.45, 2.75) is 58.9 Å². The van der Waals surface area contributed by atoms with Crippen molar-refractivity contribution in [3.63, 3.8) is 0 Å². The monoisotopic (exact) mass is 288 g/mol. The Morgan fingerprint density at radius 1 is 1.29 bits per heavy atom. The first-order valence-corrected chi connectivity index (χ1v) is 7.81. The molecule has 3 heteroatoms. The van der Waals surface area contributed by atoms with Gasteiger partial charge in [-0.15, -0.1) is 0 Å². The van der Waals surface area contributed by atoms with Crippen LogP contribution in [-0.2, 0) is 11.8 Å². The minimum Gasteiger partial charge on any atom is -0.491 e. The van der Waals surface area contributed by atoms with Gasteiger partial charge in [0.15, 0.2) is 0 Å². The minimum absolute atomic E-state index is 0.0273. The van der Waals surface area contributed by atoms with Gasteiger partial charge >= 0.3 is 0 Å². The molecule has 0 bridgehead atoms. The van der Waals surface area contributed by atoms with Crippen LogP contribution in [0, 0.1) is 11.3 Å². The molecule has 1 N–H and O–H groups in total.